The predicted molar refractivity (Wildman–Crippen MR) is 37.8 cm³/mol. The van der Waals surface area contributed by atoms with Crippen molar-refractivity contribution in [2.45, 2.75) is 12.8 Å². The molecule has 0 aliphatic carbocycles. The molecule has 0 bridgehead atoms. The van der Waals surface area contributed by atoms with E-state index in [2.05, 4.69) is 0 Å². The molecular formula is C6H8N2O4. The van der Waals surface area contributed by atoms with Crippen LogP contribution >= 0.6 is 0 Å². The Kier molecular flexibility index (Phi) is 2.37. The van der Waals surface area contributed by atoms with Gasteiger partial charge >= 0.3 is 0 Å². The second kappa shape index (κ2) is 3.29. The van der Waals surface area contributed by atoms with Crippen LogP contribution in [-0.4, -0.2) is 34.7 Å². The van der Waals surface area contributed by atoms with Crippen LogP contribution < -0.4 is 0 Å². The SMILES string of the molecule is O=C1CCC(=O)N1CC[N+](=O)[O-]. The van der Waals surface area contributed by atoms with E-state index in [1.807, 2.05) is 0 Å². The lowest BCUT2D eigenvalue weighted by Gasteiger charge is -2.09. The van der Waals surface area contributed by atoms with Gasteiger partial charge in [0, 0.05) is 17.8 Å². The van der Waals surface area contributed by atoms with Crippen LogP contribution in [0.25, 0.3) is 0 Å². The smallest absolute Gasteiger partial charge is 0.229 e. The molecule has 1 saturated heterocycles. The van der Waals surface area contributed by atoms with E-state index in [1.54, 1.807) is 0 Å². The van der Waals surface area contributed by atoms with Gasteiger partial charge in [-0.25, -0.2) is 0 Å². The average molecular weight is 172 g/mol. The Bertz CT molecular complexity index is 222. The zero-order valence-corrected chi connectivity index (χ0v) is 6.36. The van der Waals surface area contributed by atoms with Gasteiger partial charge in [0.25, 0.3) is 0 Å². The minimum absolute atomic E-state index is 0.0926. The van der Waals surface area contributed by atoms with Crippen LogP contribution in [0.4, 0.5) is 0 Å². The van der Waals surface area contributed by atoms with E-state index >= 15 is 0 Å². The van der Waals surface area contributed by atoms with Crippen molar-refractivity contribution in [3.63, 3.8) is 0 Å². The summed E-state index contributed by atoms with van der Waals surface area (Å²) in [6, 6.07) is 0. The Hall–Kier alpha value is -1.46. The fraction of sp³-hybridized carbons (Fsp3) is 0.667. The number of hydrogen-bond acceptors (Lipinski definition) is 4. The Labute approximate surface area is 68.3 Å². The molecule has 0 aromatic carbocycles. The summed E-state index contributed by atoms with van der Waals surface area (Å²) in [5, 5.41) is 9.93. The van der Waals surface area contributed by atoms with Gasteiger partial charge < -0.3 is 0 Å². The number of likely N-dealkylation sites (tertiary alicyclic amines) is 1. The molecule has 1 fully saturated rings. The highest BCUT2D eigenvalue weighted by Gasteiger charge is 2.29. The molecule has 1 rings (SSSR count). The number of nitrogens with zero attached hydrogens (tertiary/aromatic N) is 2. The van der Waals surface area contributed by atoms with E-state index in [4.69, 9.17) is 0 Å². The molecule has 0 aromatic heterocycles. The van der Waals surface area contributed by atoms with Crippen LogP contribution in [-0.2, 0) is 9.59 Å². The lowest BCUT2D eigenvalue weighted by Crippen LogP contribution is -2.33. The lowest BCUT2D eigenvalue weighted by molar-refractivity contribution is -0.479. The van der Waals surface area contributed by atoms with Crippen molar-refractivity contribution in [3.8, 4) is 0 Å². The summed E-state index contributed by atoms with van der Waals surface area (Å²) in [5.74, 6) is -0.608. The van der Waals surface area contributed by atoms with Gasteiger partial charge in [0.15, 0.2) is 0 Å². The zero-order chi connectivity index (χ0) is 9.14. The standard InChI is InChI=1S/C6H8N2O4/c9-5-1-2-6(10)7(5)3-4-8(11)12/h1-4H2. The van der Waals surface area contributed by atoms with Crippen LogP contribution in [0.1, 0.15) is 12.8 Å². The maximum Gasteiger partial charge on any atom is 0.229 e. The third-order valence-corrected chi connectivity index (χ3v) is 1.66. The van der Waals surface area contributed by atoms with Gasteiger partial charge in [-0.05, 0) is 0 Å². The second-order valence-corrected chi connectivity index (χ2v) is 2.50. The van der Waals surface area contributed by atoms with Crippen LogP contribution in [0.5, 0.6) is 0 Å². The molecule has 0 radical (unpaired) electrons. The molecule has 66 valence electrons. The van der Waals surface area contributed by atoms with Crippen molar-refractivity contribution in [3.05, 3.63) is 10.1 Å². The third kappa shape index (κ3) is 1.77. The van der Waals surface area contributed by atoms with Crippen molar-refractivity contribution in [2.24, 2.45) is 0 Å². The van der Waals surface area contributed by atoms with Crippen molar-refractivity contribution in [2.75, 3.05) is 13.1 Å². The molecule has 0 N–H and O–H groups in total. The van der Waals surface area contributed by atoms with E-state index in [1.165, 1.54) is 0 Å². The first-order chi connectivity index (χ1) is 5.61. The Morgan fingerprint density at radius 1 is 1.33 bits per heavy atom. The fourth-order valence-electron chi connectivity index (χ4n) is 1.05. The maximum absolute atomic E-state index is 10.9. The Morgan fingerprint density at radius 2 is 1.83 bits per heavy atom. The summed E-state index contributed by atoms with van der Waals surface area (Å²) < 4.78 is 0. The molecule has 12 heavy (non-hydrogen) atoms. The third-order valence-electron chi connectivity index (χ3n) is 1.66. The summed E-state index contributed by atoms with van der Waals surface area (Å²) in [5.41, 5.74) is 0. The minimum Gasteiger partial charge on any atom is -0.276 e. The number of nitro groups is 1. The highest BCUT2D eigenvalue weighted by molar-refractivity contribution is 6.01. The molecule has 0 saturated carbocycles. The second-order valence-electron chi connectivity index (χ2n) is 2.50. The summed E-state index contributed by atoms with van der Waals surface area (Å²) >= 11 is 0. The predicted octanol–water partition coefficient (Wildman–Crippen LogP) is -0.588. The van der Waals surface area contributed by atoms with Gasteiger partial charge in [0.1, 0.15) is 0 Å². The highest BCUT2D eigenvalue weighted by atomic mass is 16.6. The molecule has 1 aliphatic rings. The first-order valence-electron chi connectivity index (χ1n) is 3.56. The monoisotopic (exact) mass is 172 g/mol. The molecule has 1 aliphatic heterocycles. The van der Waals surface area contributed by atoms with Crippen LogP contribution in [0.15, 0.2) is 0 Å². The number of carbonyl (C=O) groups excluding carboxylic acids is 2. The Balaban J connectivity index is 2.45. The molecule has 6 nitrogen and oxygen atoms in total. The molecule has 0 unspecified atom stereocenters. The van der Waals surface area contributed by atoms with Crippen molar-refractivity contribution in [1.82, 2.24) is 4.90 Å². The van der Waals surface area contributed by atoms with E-state index in [0.29, 0.717) is 0 Å². The first kappa shape index (κ1) is 8.63. The zero-order valence-electron chi connectivity index (χ0n) is 6.36. The highest BCUT2D eigenvalue weighted by Crippen LogP contribution is 2.10. The molecule has 0 spiro atoms. The van der Waals surface area contributed by atoms with Gasteiger partial charge in [0.05, 0.1) is 6.54 Å². The fourth-order valence-corrected chi connectivity index (χ4v) is 1.05. The topological polar surface area (TPSA) is 80.5 Å². The molecular weight excluding hydrogens is 164 g/mol. The minimum atomic E-state index is -0.543. The van der Waals surface area contributed by atoms with Crippen molar-refractivity contribution >= 4 is 11.8 Å². The van der Waals surface area contributed by atoms with E-state index in [-0.39, 0.29) is 37.7 Å². The van der Waals surface area contributed by atoms with E-state index < -0.39 is 4.92 Å². The van der Waals surface area contributed by atoms with E-state index in [0.717, 1.165) is 4.90 Å². The van der Waals surface area contributed by atoms with Crippen LogP contribution in [0.2, 0.25) is 0 Å². The maximum atomic E-state index is 10.9. The quantitative estimate of drug-likeness (QED) is 0.324. The molecule has 2 amide bonds. The first-order valence-corrected chi connectivity index (χ1v) is 3.56. The number of hydrogen-bond donors (Lipinski definition) is 0. The van der Waals surface area contributed by atoms with Gasteiger partial charge in [-0.3, -0.25) is 24.6 Å². The molecule has 0 atom stereocenters. The largest absolute Gasteiger partial charge is 0.276 e. The van der Waals surface area contributed by atoms with Gasteiger partial charge in [0.2, 0.25) is 18.4 Å². The number of amides is 2. The average Bonchev–Trinajstić information content (AvgIpc) is 2.28. The molecule has 0 aromatic rings. The molecule has 1 heterocycles. The summed E-state index contributed by atoms with van der Waals surface area (Å²) in [7, 11) is 0. The van der Waals surface area contributed by atoms with Gasteiger partial charge in [-0.15, -0.1) is 0 Å². The normalized spacial score (nSPS) is 17.2. The van der Waals surface area contributed by atoms with Gasteiger partial charge in [-0.2, -0.15) is 0 Å². The molecule has 6 heteroatoms. The number of rotatable bonds is 3. The number of carbonyl (C=O) groups is 2. The lowest BCUT2D eigenvalue weighted by atomic mass is 10.4. The Morgan fingerprint density at radius 3 is 2.25 bits per heavy atom. The summed E-state index contributed by atoms with van der Waals surface area (Å²) in [6.07, 6.45) is 0.382. The van der Waals surface area contributed by atoms with Crippen molar-refractivity contribution < 1.29 is 14.5 Å². The number of imide groups is 1. The van der Waals surface area contributed by atoms with Crippen LogP contribution in [0.3, 0.4) is 0 Å². The summed E-state index contributed by atoms with van der Waals surface area (Å²) in [4.78, 5) is 32.1. The van der Waals surface area contributed by atoms with Crippen molar-refractivity contribution in [1.29, 1.82) is 0 Å². The van der Waals surface area contributed by atoms with E-state index in [9.17, 15) is 19.7 Å². The van der Waals surface area contributed by atoms with Gasteiger partial charge in [-0.1, -0.05) is 0 Å². The van der Waals surface area contributed by atoms with Crippen LogP contribution in [0, 0.1) is 10.1 Å². The summed E-state index contributed by atoms with van der Waals surface area (Å²) in [6.45, 7) is -0.456.